The van der Waals surface area contributed by atoms with E-state index in [2.05, 4.69) is 22.2 Å². The van der Waals surface area contributed by atoms with Gasteiger partial charge in [0.05, 0.1) is 0 Å². The molecule has 21 heavy (non-hydrogen) atoms. The molecular formula is C15H28N4OS. The van der Waals surface area contributed by atoms with Crippen molar-refractivity contribution in [2.45, 2.75) is 31.7 Å². The number of guanidine groups is 1. The number of carbonyl (C=O) groups is 1. The van der Waals surface area contributed by atoms with Crippen LogP contribution in [0.2, 0.25) is 0 Å². The summed E-state index contributed by atoms with van der Waals surface area (Å²) < 4.78 is 0. The molecule has 0 aromatic heterocycles. The van der Waals surface area contributed by atoms with E-state index in [9.17, 15) is 4.79 Å². The number of amides is 1. The summed E-state index contributed by atoms with van der Waals surface area (Å²) in [6.45, 7) is 4.74. The molecule has 0 unspecified atom stereocenters. The van der Waals surface area contributed by atoms with Crippen LogP contribution in [-0.4, -0.2) is 61.5 Å². The molecule has 1 saturated carbocycles. The van der Waals surface area contributed by atoms with Crippen LogP contribution >= 0.6 is 11.8 Å². The zero-order valence-electron chi connectivity index (χ0n) is 13.2. The second-order valence-corrected chi connectivity index (χ2v) is 6.52. The first-order valence-electron chi connectivity index (χ1n) is 7.57. The molecule has 1 amide bonds. The number of nitrogens with zero attached hydrogens (tertiary/aromatic N) is 2. The Morgan fingerprint density at radius 3 is 2.76 bits per heavy atom. The molecule has 2 N–H and O–H groups in total. The van der Waals surface area contributed by atoms with Gasteiger partial charge >= 0.3 is 0 Å². The molecule has 0 aliphatic heterocycles. The lowest BCUT2D eigenvalue weighted by atomic mass is 10.2. The zero-order valence-corrected chi connectivity index (χ0v) is 14.0. The van der Waals surface area contributed by atoms with Gasteiger partial charge in [-0.3, -0.25) is 4.79 Å². The van der Waals surface area contributed by atoms with Crippen molar-refractivity contribution in [3.63, 3.8) is 0 Å². The fourth-order valence-corrected chi connectivity index (χ4v) is 2.69. The Morgan fingerprint density at radius 1 is 1.43 bits per heavy atom. The van der Waals surface area contributed by atoms with Gasteiger partial charge in [-0.15, -0.1) is 6.58 Å². The van der Waals surface area contributed by atoms with E-state index in [1.807, 2.05) is 17.8 Å². The van der Waals surface area contributed by atoms with Gasteiger partial charge in [0.1, 0.15) is 6.54 Å². The lowest BCUT2D eigenvalue weighted by Gasteiger charge is -2.17. The molecule has 0 aromatic rings. The minimum absolute atomic E-state index is 0.0172. The van der Waals surface area contributed by atoms with Crippen LogP contribution in [0.25, 0.3) is 0 Å². The molecule has 5 nitrogen and oxygen atoms in total. The van der Waals surface area contributed by atoms with Gasteiger partial charge in [-0.1, -0.05) is 18.9 Å². The van der Waals surface area contributed by atoms with E-state index in [1.165, 1.54) is 25.7 Å². The summed E-state index contributed by atoms with van der Waals surface area (Å²) in [6, 6.07) is 0.492. The average molecular weight is 312 g/mol. The first-order chi connectivity index (χ1) is 10.1. The molecule has 1 aliphatic rings. The second-order valence-electron chi connectivity index (χ2n) is 5.37. The number of likely N-dealkylation sites (N-methyl/N-ethyl adjacent to an activating group) is 1. The highest BCUT2D eigenvalue weighted by molar-refractivity contribution is 7.99. The normalized spacial score (nSPS) is 15.8. The van der Waals surface area contributed by atoms with Crippen molar-refractivity contribution in [3.8, 4) is 0 Å². The van der Waals surface area contributed by atoms with E-state index in [0.717, 1.165) is 24.0 Å². The molecule has 0 heterocycles. The number of rotatable bonds is 8. The Labute approximate surface area is 132 Å². The predicted octanol–water partition coefficient (Wildman–Crippen LogP) is 1.47. The molecule has 0 atom stereocenters. The molecule has 0 radical (unpaired) electrons. The second kappa shape index (κ2) is 10.5. The van der Waals surface area contributed by atoms with Gasteiger partial charge in [0.25, 0.3) is 0 Å². The Bertz CT molecular complexity index is 352. The fraction of sp³-hybridized carbons (Fsp3) is 0.733. The molecule has 0 saturated heterocycles. The Morgan fingerprint density at radius 2 is 2.14 bits per heavy atom. The maximum Gasteiger partial charge on any atom is 0.243 e. The molecule has 0 aromatic carbocycles. The molecule has 0 bridgehead atoms. The van der Waals surface area contributed by atoms with Gasteiger partial charge in [-0.2, -0.15) is 11.8 Å². The molecule has 0 spiro atoms. The third-order valence-electron chi connectivity index (χ3n) is 3.34. The summed E-state index contributed by atoms with van der Waals surface area (Å²) in [5.74, 6) is 2.74. The van der Waals surface area contributed by atoms with E-state index < -0.39 is 0 Å². The Kier molecular flexibility index (Phi) is 8.98. The van der Waals surface area contributed by atoms with Gasteiger partial charge in [0, 0.05) is 38.2 Å². The van der Waals surface area contributed by atoms with Crippen molar-refractivity contribution in [2.75, 3.05) is 38.7 Å². The number of hydrogen-bond donors (Lipinski definition) is 2. The van der Waals surface area contributed by atoms with Crippen molar-refractivity contribution in [1.82, 2.24) is 15.5 Å². The van der Waals surface area contributed by atoms with Crippen LogP contribution in [-0.2, 0) is 4.79 Å². The van der Waals surface area contributed by atoms with Gasteiger partial charge in [-0.25, -0.2) is 4.99 Å². The smallest absolute Gasteiger partial charge is 0.243 e. The van der Waals surface area contributed by atoms with Gasteiger partial charge in [0.2, 0.25) is 5.91 Å². The van der Waals surface area contributed by atoms with E-state index in [4.69, 9.17) is 0 Å². The van der Waals surface area contributed by atoms with Crippen LogP contribution in [0.1, 0.15) is 25.7 Å². The SMILES string of the molecule is C=CCSCCNC(=NCC(=O)N(C)C)NC1CCCC1. The highest BCUT2D eigenvalue weighted by atomic mass is 32.2. The van der Waals surface area contributed by atoms with E-state index in [0.29, 0.717) is 6.04 Å². The average Bonchev–Trinajstić information content (AvgIpc) is 2.96. The van der Waals surface area contributed by atoms with Gasteiger partial charge in [-0.05, 0) is 12.8 Å². The highest BCUT2D eigenvalue weighted by Crippen LogP contribution is 2.17. The minimum Gasteiger partial charge on any atom is -0.356 e. The minimum atomic E-state index is 0.0172. The predicted molar refractivity (Wildman–Crippen MR) is 91.9 cm³/mol. The number of carbonyl (C=O) groups excluding carboxylic acids is 1. The number of thioether (sulfide) groups is 1. The molecule has 1 rings (SSSR count). The maximum absolute atomic E-state index is 11.6. The lowest BCUT2D eigenvalue weighted by Crippen LogP contribution is -2.43. The van der Waals surface area contributed by atoms with Crippen LogP contribution < -0.4 is 10.6 Å². The summed E-state index contributed by atoms with van der Waals surface area (Å²) >= 11 is 1.83. The summed E-state index contributed by atoms with van der Waals surface area (Å²) in [5.41, 5.74) is 0. The highest BCUT2D eigenvalue weighted by Gasteiger charge is 2.16. The molecule has 6 heteroatoms. The van der Waals surface area contributed by atoms with Crippen LogP contribution in [0.5, 0.6) is 0 Å². The van der Waals surface area contributed by atoms with Crippen LogP contribution in [0.3, 0.4) is 0 Å². The third-order valence-corrected chi connectivity index (χ3v) is 4.31. The quantitative estimate of drug-likeness (QED) is 0.308. The third kappa shape index (κ3) is 7.99. The largest absolute Gasteiger partial charge is 0.356 e. The molecular weight excluding hydrogens is 284 g/mol. The maximum atomic E-state index is 11.6. The zero-order chi connectivity index (χ0) is 15.5. The summed E-state index contributed by atoms with van der Waals surface area (Å²) in [4.78, 5) is 17.6. The van der Waals surface area contributed by atoms with Crippen molar-refractivity contribution in [3.05, 3.63) is 12.7 Å². The number of nitrogens with one attached hydrogen (secondary N) is 2. The van der Waals surface area contributed by atoms with Gasteiger partial charge in [0.15, 0.2) is 5.96 Å². The number of hydrogen-bond acceptors (Lipinski definition) is 3. The standard InChI is InChI=1S/C15H28N4OS/c1-4-10-21-11-9-16-15(17-12-14(20)19(2)3)18-13-7-5-6-8-13/h4,13H,1,5-12H2,2-3H3,(H2,16,17,18). The van der Waals surface area contributed by atoms with Crippen LogP contribution in [0, 0.1) is 0 Å². The van der Waals surface area contributed by atoms with Gasteiger partial charge < -0.3 is 15.5 Å². The van der Waals surface area contributed by atoms with E-state index >= 15 is 0 Å². The monoisotopic (exact) mass is 312 g/mol. The first-order valence-corrected chi connectivity index (χ1v) is 8.72. The summed E-state index contributed by atoms with van der Waals surface area (Å²) in [5, 5.41) is 6.75. The first kappa shape index (κ1) is 17.9. The fourth-order valence-electron chi connectivity index (χ4n) is 2.11. The Balaban J connectivity index is 2.41. The topological polar surface area (TPSA) is 56.7 Å². The lowest BCUT2D eigenvalue weighted by molar-refractivity contribution is -0.127. The Hall–Kier alpha value is -1.17. The van der Waals surface area contributed by atoms with Crippen molar-refractivity contribution < 1.29 is 4.79 Å². The number of aliphatic imine (C=N–C) groups is 1. The molecule has 1 aliphatic carbocycles. The van der Waals surface area contributed by atoms with E-state index in [1.54, 1.807) is 19.0 Å². The van der Waals surface area contributed by atoms with Crippen molar-refractivity contribution >= 4 is 23.6 Å². The van der Waals surface area contributed by atoms with Crippen molar-refractivity contribution in [1.29, 1.82) is 0 Å². The summed E-state index contributed by atoms with van der Waals surface area (Å²) in [6.07, 6.45) is 6.83. The summed E-state index contributed by atoms with van der Waals surface area (Å²) in [7, 11) is 3.50. The van der Waals surface area contributed by atoms with E-state index in [-0.39, 0.29) is 12.5 Å². The molecule has 1 fully saturated rings. The van der Waals surface area contributed by atoms with Crippen molar-refractivity contribution in [2.24, 2.45) is 4.99 Å². The van der Waals surface area contributed by atoms with Crippen LogP contribution in [0.4, 0.5) is 0 Å². The van der Waals surface area contributed by atoms with Crippen LogP contribution in [0.15, 0.2) is 17.6 Å². The molecule has 120 valence electrons.